The van der Waals surface area contributed by atoms with Gasteiger partial charge in [-0.15, -0.1) is 0 Å². The Morgan fingerprint density at radius 3 is 2.67 bits per heavy atom. The molecule has 3 heterocycles. The van der Waals surface area contributed by atoms with E-state index in [-0.39, 0.29) is 0 Å². The number of aryl methyl sites for hydroxylation is 2. The Morgan fingerprint density at radius 1 is 1.06 bits per heavy atom. The van der Waals surface area contributed by atoms with E-state index < -0.39 is 0 Å². The molecule has 90 valence electrons. The van der Waals surface area contributed by atoms with Crippen LogP contribution in [0.15, 0.2) is 47.3 Å². The second kappa shape index (κ2) is 4.49. The van der Waals surface area contributed by atoms with Crippen molar-refractivity contribution in [1.82, 2.24) is 9.97 Å². The van der Waals surface area contributed by atoms with Gasteiger partial charge in [-0.3, -0.25) is 4.98 Å². The van der Waals surface area contributed by atoms with Gasteiger partial charge in [-0.25, -0.2) is 4.98 Å². The van der Waals surface area contributed by atoms with Crippen LogP contribution in [-0.2, 0) is 12.8 Å². The van der Waals surface area contributed by atoms with Crippen LogP contribution in [0, 0.1) is 0 Å². The molecule has 0 aliphatic heterocycles. The van der Waals surface area contributed by atoms with Crippen LogP contribution in [0.3, 0.4) is 0 Å². The van der Waals surface area contributed by atoms with Crippen LogP contribution in [-0.4, -0.2) is 9.97 Å². The maximum absolute atomic E-state index is 5.87. The molecule has 0 amide bonds. The summed E-state index contributed by atoms with van der Waals surface area (Å²) >= 11 is 0. The predicted octanol–water partition coefficient (Wildman–Crippen LogP) is 2.59. The number of hydrogen-bond acceptors (Lipinski definition) is 4. The number of nitrogen functional groups attached to an aromatic ring is 1. The molecule has 3 aromatic heterocycles. The molecular weight excluding hydrogens is 226 g/mol. The van der Waals surface area contributed by atoms with Crippen molar-refractivity contribution in [2.24, 2.45) is 0 Å². The normalized spacial score (nSPS) is 10.9. The van der Waals surface area contributed by atoms with Crippen LogP contribution in [0.4, 0.5) is 5.69 Å². The van der Waals surface area contributed by atoms with Gasteiger partial charge in [0.15, 0.2) is 0 Å². The molecule has 0 radical (unpaired) electrons. The second-order valence-corrected chi connectivity index (χ2v) is 4.19. The minimum Gasteiger partial charge on any atom is -0.443 e. The van der Waals surface area contributed by atoms with Gasteiger partial charge in [0.2, 0.25) is 5.71 Å². The lowest BCUT2D eigenvalue weighted by atomic mass is 10.1. The monoisotopic (exact) mass is 239 g/mol. The number of furan rings is 1. The summed E-state index contributed by atoms with van der Waals surface area (Å²) in [5.41, 5.74) is 8.43. The van der Waals surface area contributed by atoms with Crippen molar-refractivity contribution in [2.75, 3.05) is 5.73 Å². The summed E-state index contributed by atoms with van der Waals surface area (Å²) in [4.78, 5) is 8.16. The maximum Gasteiger partial charge on any atom is 0.228 e. The van der Waals surface area contributed by atoms with Crippen LogP contribution >= 0.6 is 0 Å². The van der Waals surface area contributed by atoms with Crippen molar-refractivity contribution in [3.05, 3.63) is 54.2 Å². The number of hydrogen-bond donors (Lipinski definition) is 1. The fourth-order valence-corrected chi connectivity index (χ4v) is 1.95. The van der Waals surface area contributed by atoms with Crippen molar-refractivity contribution in [3.8, 4) is 0 Å². The number of nitrogens with two attached hydrogens (primary N) is 1. The molecule has 0 fully saturated rings. The van der Waals surface area contributed by atoms with Crippen LogP contribution in [0.25, 0.3) is 11.1 Å². The molecule has 0 aromatic carbocycles. The van der Waals surface area contributed by atoms with E-state index in [1.54, 1.807) is 24.7 Å². The Kier molecular flexibility index (Phi) is 2.68. The van der Waals surface area contributed by atoms with E-state index >= 15 is 0 Å². The standard InChI is InChI=1S/C14H13N3O/c15-13-5-8-17-14-12(13)9-11(18-14)2-1-10-3-6-16-7-4-10/h3-9H,1-2H2,(H2,15,17). The Hall–Kier alpha value is -2.36. The van der Waals surface area contributed by atoms with Gasteiger partial charge in [0.1, 0.15) is 5.76 Å². The first-order chi connectivity index (χ1) is 8.83. The number of anilines is 1. The molecule has 0 saturated heterocycles. The summed E-state index contributed by atoms with van der Waals surface area (Å²) in [7, 11) is 0. The SMILES string of the molecule is Nc1ccnc2oc(CCc3ccncc3)cc12. The molecule has 0 saturated carbocycles. The number of nitrogens with zero attached hydrogens (tertiary/aromatic N) is 2. The van der Waals surface area contributed by atoms with Gasteiger partial charge in [-0.2, -0.15) is 0 Å². The van der Waals surface area contributed by atoms with E-state index in [0.29, 0.717) is 11.4 Å². The average molecular weight is 239 g/mol. The number of pyridine rings is 2. The molecule has 18 heavy (non-hydrogen) atoms. The van der Waals surface area contributed by atoms with Crippen LogP contribution < -0.4 is 5.73 Å². The molecule has 2 N–H and O–H groups in total. The summed E-state index contributed by atoms with van der Waals surface area (Å²) in [5.74, 6) is 0.909. The lowest BCUT2D eigenvalue weighted by Crippen LogP contribution is -1.89. The van der Waals surface area contributed by atoms with Gasteiger partial charge >= 0.3 is 0 Å². The van der Waals surface area contributed by atoms with Gasteiger partial charge in [0.25, 0.3) is 0 Å². The number of fused-ring (bicyclic) bond motifs is 1. The third-order valence-corrected chi connectivity index (χ3v) is 2.93. The fraction of sp³-hybridized carbons (Fsp3) is 0.143. The van der Waals surface area contributed by atoms with E-state index in [9.17, 15) is 0 Å². The van der Waals surface area contributed by atoms with Crippen LogP contribution in [0.2, 0.25) is 0 Å². The molecular formula is C14H13N3O. The van der Waals surface area contributed by atoms with Crippen molar-refractivity contribution in [1.29, 1.82) is 0 Å². The topological polar surface area (TPSA) is 64.9 Å². The number of aromatic nitrogens is 2. The first kappa shape index (κ1) is 10.8. The average Bonchev–Trinajstić information content (AvgIpc) is 2.82. The molecule has 0 aliphatic carbocycles. The first-order valence-electron chi connectivity index (χ1n) is 5.85. The van der Waals surface area contributed by atoms with Crippen molar-refractivity contribution < 1.29 is 4.42 Å². The summed E-state index contributed by atoms with van der Waals surface area (Å²) in [6.07, 6.45) is 7.01. The van der Waals surface area contributed by atoms with Gasteiger partial charge in [0, 0.05) is 30.7 Å². The lowest BCUT2D eigenvalue weighted by Gasteiger charge is -1.97. The smallest absolute Gasteiger partial charge is 0.228 e. The zero-order valence-corrected chi connectivity index (χ0v) is 9.84. The minimum atomic E-state index is 0.611. The lowest BCUT2D eigenvalue weighted by molar-refractivity contribution is 0.538. The molecule has 0 spiro atoms. The second-order valence-electron chi connectivity index (χ2n) is 4.19. The summed E-state index contributed by atoms with van der Waals surface area (Å²) in [5, 5.41) is 0.891. The predicted molar refractivity (Wildman–Crippen MR) is 70.1 cm³/mol. The van der Waals surface area contributed by atoms with Crippen LogP contribution in [0.5, 0.6) is 0 Å². The molecule has 4 heteroatoms. The highest BCUT2D eigenvalue weighted by molar-refractivity contribution is 5.86. The van der Waals surface area contributed by atoms with Crippen molar-refractivity contribution >= 4 is 16.8 Å². The summed E-state index contributed by atoms with van der Waals surface area (Å²) in [6, 6.07) is 7.77. The van der Waals surface area contributed by atoms with Gasteiger partial charge in [-0.05, 0) is 36.2 Å². The Morgan fingerprint density at radius 2 is 1.89 bits per heavy atom. The zero-order chi connectivity index (χ0) is 12.4. The zero-order valence-electron chi connectivity index (χ0n) is 9.84. The summed E-state index contributed by atoms with van der Waals surface area (Å²) < 4.78 is 5.66. The Balaban J connectivity index is 1.81. The van der Waals surface area contributed by atoms with E-state index in [1.807, 2.05) is 18.2 Å². The van der Waals surface area contributed by atoms with Crippen molar-refractivity contribution in [2.45, 2.75) is 12.8 Å². The first-order valence-corrected chi connectivity index (χ1v) is 5.85. The van der Waals surface area contributed by atoms with E-state index in [0.717, 1.165) is 24.0 Å². The number of rotatable bonds is 3. The summed E-state index contributed by atoms with van der Waals surface area (Å²) in [6.45, 7) is 0. The molecule has 0 aliphatic rings. The highest BCUT2D eigenvalue weighted by Crippen LogP contribution is 2.23. The molecule has 3 aromatic rings. The quantitative estimate of drug-likeness (QED) is 0.763. The van der Waals surface area contributed by atoms with Gasteiger partial charge in [-0.1, -0.05) is 0 Å². The van der Waals surface area contributed by atoms with E-state index in [1.165, 1.54) is 5.56 Å². The van der Waals surface area contributed by atoms with E-state index in [2.05, 4.69) is 9.97 Å². The molecule has 3 rings (SSSR count). The molecule has 4 nitrogen and oxygen atoms in total. The Bertz CT molecular complexity index is 661. The third-order valence-electron chi connectivity index (χ3n) is 2.93. The molecule has 0 atom stereocenters. The highest BCUT2D eigenvalue weighted by atomic mass is 16.3. The largest absolute Gasteiger partial charge is 0.443 e. The molecule has 0 bridgehead atoms. The van der Waals surface area contributed by atoms with Gasteiger partial charge in [0.05, 0.1) is 5.39 Å². The maximum atomic E-state index is 5.87. The highest BCUT2D eigenvalue weighted by Gasteiger charge is 2.07. The minimum absolute atomic E-state index is 0.611. The molecule has 0 unspecified atom stereocenters. The fourth-order valence-electron chi connectivity index (χ4n) is 1.95. The van der Waals surface area contributed by atoms with Gasteiger partial charge < -0.3 is 10.2 Å². The van der Waals surface area contributed by atoms with Crippen LogP contribution in [0.1, 0.15) is 11.3 Å². The Labute approximate surface area is 104 Å². The third kappa shape index (κ3) is 2.05. The van der Waals surface area contributed by atoms with Crippen molar-refractivity contribution in [3.63, 3.8) is 0 Å². The van der Waals surface area contributed by atoms with E-state index in [4.69, 9.17) is 10.2 Å².